The van der Waals surface area contributed by atoms with Crippen LogP contribution >= 0.6 is 0 Å². The molecule has 1 aliphatic heterocycles. The number of hydrogen-bond acceptors (Lipinski definition) is 3. The first kappa shape index (κ1) is 17.6. The molecule has 5 heteroatoms. The zero-order valence-corrected chi connectivity index (χ0v) is 16.1. The van der Waals surface area contributed by atoms with E-state index in [4.69, 9.17) is 0 Å². The third-order valence-electron chi connectivity index (χ3n) is 5.56. The van der Waals surface area contributed by atoms with Gasteiger partial charge in [-0.3, -0.25) is 0 Å². The molecule has 1 fully saturated rings. The summed E-state index contributed by atoms with van der Waals surface area (Å²) in [5.74, 6) is 0. The fraction of sp³-hybridized carbons (Fsp3) is 0.429. The molecule has 26 heavy (non-hydrogen) atoms. The summed E-state index contributed by atoms with van der Waals surface area (Å²) in [5.41, 5.74) is 4.94. The number of benzene rings is 2. The molecular weight excluding hydrogens is 344 g/mol. The van der Waals surface area contributed by atoms with E-state index in [0.717, 1.165) is 32.4 Å². The van der Waals surface area contributed by atoms with Gasteiger partial charge in [0.15, 0.2) is 0 Å². The minimum atomic E-state index is -3.40. The van der Waals surface area contributed by atoms with Gasteiger partial charge in [-0.05, 0) is 73.6 Å². The van der Waals surface area contributed by atoms with E-state index in [-0.39, 0.29) is 0 Å². The summed E-state index contributed by atoms with van der Waals surface area (Å²) in [7, 11) is -3.40. The maximum absolute atomic E-state index is 13.1. The van der Waals surface area contributed by atoms with Crippen molar-refractivity contribution in [3.63, 3.8) is 0 Å². The van der Waals surface area contributed by atoms with Gasteiger partial charge in [-0.1, -0.05) is 18.2 Å². The summed E-state index contributed by atoms with van der Waals surface area (Å²) in [6.45, 7) is 4.61. The first-order valence-electron chi connectivity index (χ1n) is 9.48. The summed E-state index contributed by atoms with van der Waals surface area (Å²) in [6.07, 6.45) is 4.44. The molecule has 0 atom stereocenters. The molecule has 2 aliphatic rings. The van der Waals surface area contributed by atoms with Crippen molar-refractivity contribution < 1.29 is 8.42 Å². The van der Waals surface area contributed by atoms with Crippen molar-refractivity contribution in [2.45, 2.75) is 37.5 Å². The molecule has 0 bridgehead atoms. The van der Waals surface area contributed by atoms with Crippen molar-refractivity contribution in [3.8, 4) is 0 Å². The quantitative estimate of drug-likeness (QED) is 0.832. The monoisotopic (exact) mass is 370 g/mol. The molecule has 0 unspecified atom stereocenters. The predicted molar refractivity (Wildman–Crippen MR) is 105 cm³/mol. The average Bonchev–Trinajstić information content (AvgIpc) is 2.67. The maximum Gasteiger partial charge on any atom is 0.243 e. The van der Waals surface area contributed by atoms with Crippen LogP contribution in [-0.2, 0) is 22.9 Å². The summed E-state index contributed by atoms with van der Waals surface area (Å²) >= 11 is 0. The van der Waals surface area contributed by atoms with Gasteiger partial charge < -0.3 is 4.90 Å². The Morgan fingerprint density at radius 2 is 1.58 bits per heavy atom. The van der Waals surface area contributed by atoms with Crippen LogP contribution in [0.2, 0.25) is 0 Å². The van der Waals surface area contributed by atoms with E-state index < -0.39 is 10.0 Å². The SMILES string of the molecule is Cc1cccc(N2CCN(S(=O)(=O)c3ccc4c(c3)CCCC4)CC2)c1. The van der Waals surface area contributed by atoms with Gasteiger partial charge in [0.2, 0.25) is 10.0 Å². The Labute approximate surface area is 156 Å². The van der Waals surface area contributed by atoms with E-state index in [2.05, 4.69) is 36.1 Å². The standard InChI is InChI=1S/C21H26N2O2S/c1-17-5-4-8-20(15-17)22-11-13-23(14-12-22)26(24,25)21-10-9-18-6-2-3-7-19(18)16-21/h4-5,8-10,15-16H,2-3,6-7,11-14H2,1H3. The Balaban J connectivity index is 1.50. The van der Waals surface area contributed by atoms with Crippen LogP contribution in [0.5, 0.6) is 0 Å². The highest BCUT2D eigenvalue weighted by Gasteiger charge is 2.29. The van der Waals surface area contributed by atoms with Gasteiger partial charge >= 0.3 is 0 Å². The number of aryl methyl sites for hydroxylation is 3. The number of rotatable bonds is 3. The van der Waals surface area contributed by atoms with Crippen LogP contribution in [0.25, 0.3) is 0 Å². The number of fused-ring (bicyclic) bond motifs is 1. The van der Waals surface area contributed by atoms with Gasteiger partial charge in [-0.25, -0.2) is 8.42 Å². The summed E-state index contributed by atoms with van der Waals surface area (Å²) in [4.78, 5) is 2.73. The average molecular weight is 371 g/mol. The van der Waals surface area contributed by atoms with E-state index in [1.54, 1.807) is 10.4 Å². The number of nitrogens with zero attached hydrogens (tertiary/aromatic N) is 2. The Kier molecular flexibility index (Phi) is 4.76. The van der Waals surface area contributed by atoms with Crippen LogP contribution in [0.15, 0.2) is 47.4 Å². The van der Waals surface area contributed by atoms with Crippen molar-refractivity contribution in [3.05, 3.63) is 59.2 Å². The molecule has 1 aliphatic carbocycles. The second kappa shape index (κ2) is 7.05. The third-order valence-corrected chi connectivity index (χ3v) is 7.46. The van der Waals surface area contributed by atoms with Gasteiger partial charge in [-0.2, -0.15) is 4.31 Å². The van der Waals surface area contributed by atoms with Crippen molar-refractivity contribution in [2.24, 2.45) is 0 Å². The molecule has 138 valence electrons. The highest BCUT2D eigenvalue weighted by molar-refractivity contribution is 7.89. The van der Waals surface area contributed by atoms with Crippen LogP contribution in [-0.4, -0.2) is 38.9 Å². The largest absolute Gasteiger partial charge is 0.369 e. The van der Waals surface area contributed by atoms with Gasteiger partial charge in [-0.15, -0.1) is 0 Å². The van der Waals surface area contributed by atoms with Crippen molar-refractivity contribution in [1.82, 2.24) is 4.31 Å². The van der Waals surface area contributed by atoms with Gasteiger partial charge in [0.1, 0.15) is 0 Å². The molecule has 1 heterocycles. The molecule has 0 aromatic heterocycles. The zero-order chi connectivity index (χ0) is 18.1. The van der Waals surface area contributed by atoms with Crippen LogP contribution in [0.4, 0.5) is 5.69 Å². The van der Waals surface area contributed by atoms with E-state index in [9.17, 15) is 8.42 Å². The Morgan fingerprint density at radius 1 is 0.846 bits per heavy atom. The second-order valence-corrected chi connectivity index (χ2v) is 9.31. The molecule has 2 aromatic carbocycles. The Morgan fingerprint density at radius 3 is 2.31 bits per heavy atom. The number of anilines is 1. The summed E-state index contributed by atoms with van der Waals surface area (Å²) < 4.78 is 27.8. The maximum atomic E-state index is 13.1. The molecule has 4 nitrogen and oxygen atoms in total. The fourth-order valence-corrected chi connectivity index (χ4v) is 5.50. The normalized spacial score (nSPS) is 18.6. The number of sulfonamides is 1. The van der Waals surface area contributed by atoms with Crippen LogP contribution in [0.1, 0.15) is 29.5 Å². The van der Waals surface area contributed by atoms with Gasteiger partial charge in [0.05, 0.1) is 4.90 Å². The summed E-state index contributed by atoms with van der Waals surface area (Å²) in [6, 6.07) is 14.1. The zero-order valence-electron chi connectivity index (χ0n) is 15.3. The minimum absolute atomic E-state index is 0.460. The van der Waals surface area contributed by atoms with Crippen LogP contribution < -0.4 is 4.90 Å². The van der Waals surface area contributed by atoms with Crippen LogP contribution in [0.3, 0.4) is 0 Å². The minimum Gasteiger partial charge on any atom is -0.369 e. The van der Waals surface area contributed by atoms with Crippen LogP contribution in [0, 0.1) is 6.92 Å². The van der Waals surface area contributed by atoms with E-state index in [1.807, 2.05) is 12.1 Å². The van der Waals surface area contributed by atoms with Crippen molar-refractivity contribution in [2.75, 3.05) is 31.1 Å². The molecule has 0 spiro atoms. The Bertz CT molecular complexity index is 900. The Hall–Kier alpha value is -1.85. The fourth-order valence-electron chi connectivity index (χ4n) is 4.03. The van der Waals surface area contributed by atoms with E-state index in [0.29, 0.717) is 18.0 Å². The molecule has 1 saturated heterocycles. The highest BCUT2D eigenvalue weighted by atomic mass is 32.2. The lowest BCUT2D eigenvalue weighted by molar-refractivity contribution is 0.385. The highest BCUT2D eigenvalue weighted by Crippen LogP contribution is 2.27. The topological polar surface area (TPSA) is 40.6 Å². The number of hydrogen-bond donors (Lipinski definition) is 0. The predicted octanol–water partition coefficient (Wildman–Crippen LogP) is 3.38. The molecule has 0 amide bonds. The molecule has 2 aromatic rings. The molecule has 0 N–H and O–H groups in total. The lowest BCUT2D eigenvalue weighted by Gasteiger charge is -2.35. The first-order valence-corrected chi connectivity index (χ1v) is 10.9. The lowest BCUT2D eigenvalue weighted by atomic mass is 9.92. The lowest BCUT2D eigenvalue weighted by Crippen LogP contribution is -2.48. The van der Waals surface area contributed by atoms with Gasteiger partial charge in [0.25, 0.3) is 0 Å². The molecule has 0 saturated carbocycles. The van der Waals surface area contributed by atoms with Gasteiger partial charge in [0, 0.05) is 31.9 Å². The van der Waals surface area contributed by atoms with E-state index in [1.165, 1.54) is 28.8 Å². The molecule has 4 rings (SSSR count). The van der Waals surface area contributed by atoms with Crippen molar-refractivity contribution in [1.29, 1.82) is 0 Å². The summed E-state index contributed by atoms with van der Waals surface area (Å²) in [5, 5.41) is 0. The van der Waals surface area contributed by atoms with E-state index >= 15 is 0 Å². The third kappa shape index (κ3) is 3.38. The molecule has 0 radical (unpaired) electrons. The second-order valence-electron chi connectivity index (χ2n) is 7.37. The molecular formula is C21H26N2O2S. The first-order chi connectivity index (χ1) is 12.5. The number of piperazine rings is 1. The van der Waals surface area contributed by atoms with Crippen molar-refractivity contribution >= 4 is 15.7 Å². The smallest absolute Gasteiger partial charge is 0.243 e.